The summed E-state index contributed by atoms with van der Waals surface area (Å²) in [4.78, 5) is 24.0. The second-order valence-corrected chi connectivity index (χ2v) is 7.43. The maximum absolute atomic E-state index is 12.4. The van der Waals surface area contributed by atoms with E-state index < -0.39 is 0 Å². The van der Waals surface area contributed by atoms with Crippen molar-refractivity contribution in [2.24, 2.45) is 0 Å². The molecule has 0 bridgehead atoms. The minimum absolute atomic E-state index is 0.0150. The van der Waals surface area contributed by atoms with Gasteiger partial charge in [-0.3, -0.25) is 4.79 Å². The molecule has 8 heteroatoms. The maximum atomic E-state index is 12.4. The van der Waals surface area contributed by atoms with E-state index in [9.17, 15) is 4.79 Å². The highest BCUT2D eigenvalue weighted by Gasteiger charge is 2.32. The molecule has 3 aromatic heterocycles. The molecule has 1 atom stereocenters. The van der Waals surface area contributed by atoms with E-state index in [1.165, 1.54) is 11.3 Å². The van der Waals surface area contributed by atoms with Crippen LogP contribution in [-0.2, 0) is 0 Å². The first-order valence-electron chi connectivity index (χ1n) is 7.29. The Kier molecular flexibility index (Phi) is 3.70. The summed E-state index contributed by atoms with van der Waals surface area (Å²) < 4.78 is 5.34. The van der Waals surface area contributed by atoms with Crippen LogP contribution in [0.5, 0.6) is 0 Å². The van der Waals surface area contributed by atoms with Crippen molar-refractivity contribution in [3.63, 3.8) is 0 Å². The first kappa shape index (κ1) is 14.5. The lowest BCUT2D eigenvalue weighted by atomic mass is 10.1. The van der Waals surface area contributed by atoms with Crippen LogP contribution >= 0.6 is 22.7 Å². The summed E-state index contributed by atoms with van der Waals surface area (Å²) in [6, 6.07) is 3.91. The molecule has 0 N–H and O–H groups in total. The fraction of sp³-hybridized carbons (Fsp3) is 0.333. The summed E-state index contributed by atoms with van der Waals surface area (Å²) in [7, 11) is 0. The Balaban J connectivity index is 1.47. The fourth-order valence-corrected chi connectivity index (χ4v) is 3.91. The summed E-state index contributed by atoms with van der Waals surface area (Å²) in [5, 5.41) is 8.79. The largest absolute Gasteiger partial charge is 0.337 e. The van der Waals surface area contributed by atoms with Crippen LogP contribution in [0.15, 0.2) is 27.4 Å². The third-order valence-electron chi connectivity index (χ3n) is 3.85. The minimum atomic E-state index is -0.0150. The van der Waals surface area contributed by atoms with Gasteiger partial charge in [0.2, 0.25) is 0 Å². The van der Waals surface area contributed by atoms with Gasteiger partial charge >= 0.3 is 0 Å². The van der Waals surface area contributed by atoms with Crippen LogP contribution in [0.1, 0.15) is 33.7 Å². The molecule has 4 rings (SSSR count). The van der Waals surface area contributed by atoms with Crippen molar-refractivity contribution in [3.8, 4) is 10.8 Å². The summed E-state index contributed by atoms with van der Waals surface area (Å²) in [6.07, 6.45) is 0.846. The Morgan fingerprint density at radius 3 is 3.04 bits per heavy atom. The Bertz CT molecular complexity index is 824. The Morgan fingerprint density at radius 1 is 1.39 bits per heavy atom. The molecule has 4 heterocycles. The zero-order valence-corrected chi connectivity index (χ0v) is 14.1. The SMILES string of the molecule is Cc1nc(C(=O)N2CCC(c3noc(-c4cccs4)n3)C2)cs1. The summed E-state index contributed by atoms with van der Waals surface area (Å²) in [5.74, 6) is 1.34. The third kappa shape index (κ3) is 2.79. The van der Waals surface area contributed by atoms with Gasteiger partial charge in [0.15, 0.2) is 5.82 Å². The smallest absolute Gasteiger partial charge is 0.273 e. The fourth-order valence-electron chi connectivity index (χ4n) is 2.68. The highest BCUT2D eigenvalue weighted by atomic mass is 32.1. The standard InChI is InChI=1S/C15H14N4O2S2/c1-9-16-11(8-23-9)15(20)19-5-4-10(7-19)13-17-14(21-18-13)12-3-2-6-22-12/h2-3,6,8,10H,4-5,7H2,1H3. The Hall–Kier alpha value is -2.06. The minimum Gasteiger partial charge on any atom is -0.337 e. The van der Waals surface area contributed by atoms with Crippen LogP contribution in [0.4, 0.5) is 0 Å². The van der Waals surface area contributed by atoms with E-state index in [-0.39, 0.29) is 11.8 Å². The van der Waals surface area contributed by atoms with Gasteiger partial charge in [-0.15, -0.1) is 22.7 Å². The van der Waals surface area contributed by atoms with Crippen LogP contribution in [0.2, 0.25) is 0 Å². The average Bonchev–Trinajstić information content (AvgIpc) is 3.30. The van der Waals surface area contributed by atoms with Crippen LogP contribution in [0.25, 0.3) is 10.8 Å². The van der Waals surface area contributed by atoms with E-state index >= 15 is 0 Å². The number of hydrogen-bond acceptors (Lipinski definition) is 7. The average molecular weight is 346 g/mol. The quantitative estimate of drug-likeness (QED) is 0.728. The molecule has 118 valence electrons. The van der Waals surface area contributed by atoms with Crippen LogP contribution in [0.3, 0.4) is 0 Å². The molecule has 1 fully saturated rings. The number of likely N-dealkylation sites (tertiary alicyclic amines) is 1. The van der Waals surface area contributed by atoms with E-state index in [2.05, 4.69) is 15.1 Å². The number of aromatic nitrogens is 3. The first-order chi connectivity index (χ1) is 11.2. The molecule has 0 saturated carbocycles. The highest BCUT2D eigenvalue weighted by molar-refractivity contribution is 7.13. The van der Waals surface area contributed by atoms with Crippen molar-refractivity contribution in [2.75, 3.05) is 13.1 Å². The van der Waals surface area contributed by atoms with E-state index in [4.69, 9.17) is 4.52 Å². The van der Waals surface area contributed by atoms with Crippen molar-refractivity contribution in [2.45, 2.75) is 19.3 Å². The van der Waals surface area contributed by atoms with Crippen LogP contribution in [0, 0.1) is 6.92 Å². The van der Waals surface area contributed by atoms with Gasteiger partial charge in [-0.2, -0.15) is 4.98 Å². The van der Waals surface area contributed by atoms with Gasteiger partial charge in [0, 0.05) is 24.4 Å². The maximum Gasteiger partial charge on any atom is 0.273 e. The van der Waals surface area contributed by atoms with Crippen molar-refractivity contribution >= 4 is 28.6 Å². The molecule has 23 heavy (non-hydrogen) atoms. The van der Waals surface area contributed by atoms with Gasteiger partial charge in [0.1, 0.15) is 5.69 Å². The van der Waals surface area contributed by atoms with Gasteiger partial charge in [-0.25, -0.2) is 4.98 Å². The molecule has 1 aliphatic heterocycles. The van der Waals surface area contributed by atoms with Gasteiger partial charge < -0.3 is 9.42 Å². The Labute approximate surface area is 140 Å². The lowest BCUT2D eigenvalue weighted by Gasteiger charge is -2.13. The number of rotatable bonds is 3. The number of thiazole rings is 1. The highest BCUT2D eigenvalue weighted by Crippen LogP contribution is 2.29. The molecular weight excluding hydrogens is 332 g/mol. The van der Waals surface area contributed by atoms with E-state index in [0.29, 0.717) is 30.5 Å². The Morgan fingerprint density at radius 2 is 2.30 bits per heavy atom. The molecule has 0 aliphatic carbocycles. The number of thiophene rings is 1. The van der Waals surface area contributed by atoms with Crippen molar-refractivity contribution < 1.29 is 9.32 Å². The normalized spacial score (nSPS) is 17.8. The summed E-state index contributed by atoms with van der Waals surface area (Å²) >= 11 is 3.06. The van der Waals surface area contributed by atoms with E-state index in [1.807, 2.05) is 34.7 Å². The van der Waals surface area contributed by atoms with E-state index in [0.717, 1.165) is 16.3 Å². The predicted molar refractivity (Wildman–Crippen MR) is 87.7 cm³/mol. The zero-order valence-electron chi connectivity index (χ0n) is 12.4. The molecule has 3 aromatic rings. The molecule has 1 unspecified atom stereocenters. The number of carbonyl (C=O) groups is 1. The monoisotopic (exact) mass is 346 g/mol. The second-order valence-electron chi connectivity index (χ2n) is 5.42. The zero-order chi connectivity index (χ0) is 15.8. The lowest BCUT2D eigenvalue weighted by molar-refractivity contribution is 0.0785. The van der Waals surface area contributed by atoms with Crippen LogP contribution < -0.4 is 0 Å². The van der Waals surface area contributed by atoms with Gasteiger partial charge in [-0.1, -0.05) is 11.2 Å². The molecule has 0 radical (unpaired) electrons. The summed E-state index contributed by atoms with van der Waals surface area (Å²) in [5.41, 5.74) is 0.528. The number of amides is 1. The number of aryl methyl sites for hydroxylation is 1. The van der Waals surface area contributed by atoms with Crippen molar-refractivity contribution in [1.82, 2.24) is 20.0 Å². The molecule has 1 amide bonds. The molecule has 6 nitrogen and oxygen atoms in total. The molecule has 0 spiro atoms. The predicted octanol–water partition coefficient (Wildman–Crippen LogP) is 3.19. The molecular formula is C15H14N4O2S2. The summed E-state index contributed by atoms with van der Waals surface area (Å²) in [6.45, 7) is 3.21. The number of nitrogens with zero attached hydrogens (tertiary/aromatic N) is 4. The molecule has 0 aromatic carbocycles. The molecule has 1 aliphatic rings. The van der Waals surface area contributed by atoms with Crippen LogP contribution in [-0.4, -0.2) is 39.0 Å². The van der Waals surface area contributed by atoms with Gasteiger partial charge in [0.25, 0.3) is 11.8 Å². The second kappa shape index (κ2) is 5.86. The van der Waals surface area contributed by atoms with Crippen molar-refractivity contribution in [1.29, 1.82) is 0 Å². The number of carbonyl (C=O) groups excluding carboxylic acids is 1. The molecule has 1 saturated heterocycles. The van der Waals surface area contributed by atoms with E-state index in [1.54, 1.807) is 11.3 Å². The lowest BCUT2D eigenvalue weighted by Crippen LogP contribution is -2.28. The van der Waals surface area contributed by atoms with Gasteiger partial charge in [0.05, 0.1) is 9.88 Å². The van der Waals surface area contributed by atoms with Crippen molar-refractivity contribution in [3.05, 3.63) is 39.4 Å². The third-order valence-corrected chi connectivity index (χ3v) is 5.48. The topological polar surface area (TPSA) is 72.1 Å². The first-order valence-corrected chi connectivity index (χ1v) is 9.05. The van der Waals surface area contributed by atoms with Gasteiger partial charge in [-0.05, 0) is 24.8 Å². The number of hydrogen-bond donors (Lipinski definition) is 0.